The van der Waals surface area contributed by atoms with Crippen molar-refractivity contribution in [3.05, 3.63) is 28.9 Å². The lowest BCUT2D eigenvalue weighted by Gasteiger charge is -2.03. The molecule has 3 rings (SSSR count). The van der Waals surface area contributed by atoms with Crippen molar-refractivity contribution in [2.45, 2.75) is 51.6 Å². The van der Waals surface area contributed by atoms with Gasteiger partial charge in [-0.1, -0.05) is 13.3 Å². The molecule has 0 aromatic carbocycles. The van der Waals surface area contributed by atoms with Crippen LogP contribution in [-0.2, 0) is 11.3 Å². The molecule has 1 N–H and O–H groups in total. The van der Waals surface area contributed by atoms with Crippen molar-refractivity contribution in [2.24, 2.45) is 0 Å². The van der Waals surface area contributed by atoms with Crippen LogP contribution >= 0.6 is 0 Å². The van der Waals surface area contributed by atoms with Crippen LogP contribution in [0.1, 0.15) is 45.1 Å². The summed E-state index contributed by atoms with van der Waals surface area (Å²) < 4.78 is 8.51. The Morgan fingerprint density at radius 2 is 2.30 bits per heavy atom. The molecule has 2 aromatic rings. The van der Waals surface area contributed by atoms with E-state index in [0.717, 1.165) is 25.7 Å². The first kappa shape index (κ1) is 15.6. The third-order valence-electron chi connectivity index (χ3n) is 3.93. The van der Waals surface area contributed by atoms with Crippen molar-refractivity contribution in [2.75, 3.05) is 6.54 Å². The van der Waals surface area contributed by atoms with Gasteiger partial charge in [0.2, 0.25) is 11.7 Å². The average Bonchev–Trinajstić information content (AvgIpc) is 3.12. The number of unbranched alkanes of at least 4 members (excludes halogenated alkanes) is 1. The summed E-state index contributed by atoms with van der Waals surface area (Å²) >= 11 is 0. The second kappa shape index (κ2) is 6.85. The van der Waals surface area contributed by atoms with Gasteiger partial charge in [0.05, 0.1) is 12.8 Å². The van der Waals surface area contributed by atoms with Crippen LogP contribution in [0.3, 0.4) is 0 Å². The van der Waals surface area contributed by atoms with Crippen LogP contribution in [0.4, 0.5) is 0 Å². The van der Waals surface area contributed by atoms with Crippen molar-refractivity contribution in [3.8, 4) is 11.6 Å². The van der Waals surface area contributed by atoms with Gasteiger partial charge >= 0.3 is 5.69 Å². The molecule has 0 atom stereocenters. The SMILES string of the molecule is CCCCC(=O)NCCn1nc(-c2ccco2)n(C2CC2)c1=O. The van der Waals surface area contributed by atoms with E-state index in [1.165, 1.54) is 4.68 Å². The Hall–Kier alpha value is -2.31. The summed E-state index contributed by atoms with van der Waals surface area (Å²) in [4.78, 5) is 24.1. The van der Waals surface area contributed by atoms with Gasteiger partial charge in [-0.15, -0.1) is 5.10 Å². The normalized spacial score (nSPS) is 14.1. The molecule has 2 aromatic heterocycles. The Morgan fingerprint density at radius 3 is 2.96 bits per heavy atom. The van der Waals surface area contributed by atoms with Crippen LogP contribution in [0.15, 0.2) is 27.6 Å². The van der Waals surface area contributed by atoms with Crippen LogP contribution in [0.2, 0.25) is 0 Å². The summed E-state index contributed by atoms with van der Waals surface area (Å²) in [5.41, 5.74) is -0.137. The molecule has 1 saturated carbocycles. The number of furan rings is 1. The van der Waals surface area contributed by atoms with E-state index in [2.05, 4.69) is 10.4 Å². The zero-order valence-electron chi connectivity index (χ0n) is 13.3. The number of rotatable bonds is 8. The fraction of sp³-hybridized carbons (Fsp3) is 0.562. The molecule has 1 aliphatic carbocycles. The van der Waals surface area contributed by atoms with E-state index in [-0.39, 0.29) is 17.6 Å². The van der Waals surface area contributed by atoms with Gasteiger partial charge < -0.3 is 9.73 Å². The minimum atomic E-state index is -0.137. The fourth-order valence-corrected chi connectivity index (χ4v) is 2.53. The fourth-order valence-electron chi connectivity index (χ4n) is 2.53. The summed E-state index contributed by atoms with van der Waals surface area (Å²) in [6.45, 7) is 2.82. The van der Waals surface area contributed by atoms with E-state index in [4.69, 9.17) is 4.42 Å². The number of amides is 1. The molecular weight excluding hydrogens is 296 g/mol. The zero-order valence-corrected chi connectivity index (χ0v) is 13.3. The van der Waals surface area contributed by atoms with Gasteiger partial charge in [0.1, 0.15) is 0 Å². The van der Waals surface area contributed by atoms with Crippen molar-refractivity contribution in [3.63, 3.8) is 0 Å². The van der Waals surface area contributed by atoms with Gasteiger partial charge in [-0.2, -0.15) is 0 Å². The van der Waals surface area contributed by atoms with Crippen LogP contribution in [0.25, 0.3) is 11.6 Å². The van der Waals surface area contributed by atoms with Crippen molar-refractivity contribution >= 4 is 5.91 Å². The summed E-state index contributed by atoms with van der Waals surface area (Å²) in [5.74, 6) is 1.19. The van der Waals surface area contributed by atoms with E-state index in [9.17, 15) is 9.59 Å². The predicted molar refractivity (Wildman–Crippen MR) is 85.0 cm³/mol. The minimum absolute atomic E-state index is 0.0211. The molecule has 124 valence electrons. The maximum Gasteiger partial charge on any atom is 0.346 e. The topological polar surface area (TPSA) is 82.1 Å². The standard InChI is InChI=1S/C16H22N4O3/c1-2-3-6-14(21)17-9-10-19-16(22)20(12-7-8-12)15(18-19)13-5-4-11-23-13/h4-5,11-12H,2-3,6-10H2,1H3,(H,17,21). The van der Waals surface area contributed by atoms with E-state index in [0.29, 0.717) is 31.1 Å². The highest BCUT2D eigenvalue weighted by Crippen LogP contribution is 2.36. The number of carbonyl (C=O) groups excluding carboxylic acids is 1. The first-order valence-electron chi connectivity index (χ1n) is 8.20. The second-order valence-corrected chi connectivity index (χ2v) is 5.86. The quantitative estimate of drug-likeness (QED) is 0.806. The van der Waals surface area contributed by atoms with E-state index < -0.39 is 0 Å². The smallest absolute Gasteiger partial charge is 0.346 e. The molecule has 2 heterocycles. The number of hydrogen-bond donors (Lipinski definition) is 1. The third-order valence-corrected chi connectivity index (χ3v) is 3.93. The lowest BCUT2D eigenvalue weighted by molar-refractivity contribution is -0.121. The number of carbonyl (C=O) groups is 1. The van der Waals surface area contributed by atoms with Gasteiger partial charge in [-0.25, -0.2) is 9.48 Å². The lowest BCUT2D eigenvalue weighted by atomic mass is 10.2. The van der Waals surface area contributed by atoms with Crippen LogP contribution < -0.4 is 11.0 Å². The molecule has 1 amide bonds. The Kier molecular flexibility index (Phi) is 4.64. The highest BCUT2D eigenvalue weighted by Gasteiger charge is 2.31. The van der Waals surface area contributed by atoms with Gasteiger partial charge in [0, 0.05) is 19.0 Å². The van der Waals surface area contributed by atoms with Gasteiger partial charge in [-0.3, -0.25) is 9.36 Å². The van der Waals surface area contributed by atoms with Crippen LogP contribution in [0, 0.1) is 0 Å². The molecule has 1 aliphatic rings. The van der Waals surface area contributed by atoms with Crippen molar-refractivity contribution in [1.82, 2.24) is 19.7 Å². The Balaban J connectivity index is 1.69. The van der Waals surface area contributed by atoms with Crippen molar-refractivity contribution < 1.29 is 9.21 Å². The predicted octanol–water partition coefficient (Wildman–Crippen LogP) is 1.95. The number of nitrogens with one attached hydrogen (secondary N) is 1. The molecule has 0 aliphatic heterocycles. The molecule has 1 fully saturated rings. The molecule has 7 nitrogen and oxygen atoms in total. The highest BCUT2D eigenvalue weighted by molar-refractivity contribution is 5.75. The highest BCUT2D eigenvalue weighted by atomic mass is 16.3. The number of aromatic nitrogens is 3. The van der Waals surface area contributed by atoms with Crippen LogP contribution in [0.5, 0.6) is 0 Å². The summed E-state index contributed by atoms with van der Waals surface area (Å²) in [7, 11) is 0. The Labute approximate surface area is 134 Å². The first-order valence-corrected chi connectivity index (χ1v) is 8.20. The number of hydrogen-bond acceptors (Lipinski definition) is 4. The Morgan fingerprint density at radius 1 is 1.48 bits per heavy atom. The van der Waals surface area contributed by atoms with E-state index in [1.807, 2.05) is 6.92 Å². The van der Waals surface area contributed by atoms with Crippen LogP contribution in [-0.4, -0.2) is 26.8 Å². The first-order chi connectivity index (χ1) is 11.2. The molecule has 0 radical (unpaired) electrons. The van der Waals surface area contributed by atoms with Crippen molar-refractivity contribution in [1.29, 1.82) is 0 Å². The largest absolute Gasteiger partial charge is 0.461 e. The summed E-state index contributed by atoms with van der Waals surface area (Å²) in [6.07, 6.45) is 5.96. The Bertz CT molecular complexity index is 710. The third kappa shape index (κ3) is 3.55. The molecule has 0 bridgehead atoms. The lowest BCUT2D eigenvalue weighted by Crippen LogP contribution is -2.32. The maximum absolute atomic E-state index is 12.5. The average molecular weight is 318 g/mol. The molecule has 23 heavy (non-hydrogen) atoms. The molecule has 0 unspecified atom stereocenters. The molecule has 0 saturated heterocycles. The van der Waals surface area contributed by atoms with Gasteiger partial charge in [-0.05, 0) is 31.4 Å². The van der Waals surface area contributed by atoms with Gasteiger partial charge in [0.15, 0.2) is 5.76 Å². The number of nitrogens with zero attached hydrogens (tertiary/aromatic N) is 3. The zero-order chi connectivity index (χ0) is 16.2. The summed E-state index contributed by atoms with van der Waals surface area (Å²) in [6, 6.07) is 3.80. The molecular formula is C16H22N4O3. The minimum Gasteiger partial charge on any atom is -0.461 e. The molecule has 7 heteroatoms. The second-order valence-electron chi connectivity index (χ2n) is 5.86. The monoisotopic (exact) mass is 318 g/mol. The van der Waals surface area contributed by atoms with E-state index in [1.54, 1.807) is 23.0 Å². The maximum atomic E-state index is 12.5. The van der Waals surface area contributed by atoms with E-state index >= 15 is 0 Å². The molecule has 0 spiro atoms. The van der Waals surface area contributed by atoms with Gasteiger partial charge in [0.25, 0.3) is 0 Å². The summed E-state index contributed by atoms with van der Waals surface area (Å²) in [5, 5.41) is 7.22.